The van der Waals surface area contributed by atoms with Crippen LogP contribution in [-0.4, -0.2) is 61.7 Å². The van der Waals surface area contributed by atoms with E-state index in [2.05, 4.69) is 10.1 Å². The minimum Gasteiger partial charge on any atom is -0.335 e. The summed E-state index contributed by atoms with van der Waals surface area (Å²) in [5.74, 6) is -3.04. The summed E-state index contributed by atoms with van der Waals surface area (Å²) in [6, 6.07) is 1.52. The summed E-state index contributed by atoms with van der Waals surface area (Å²) in [5, 5.41) is 4.23. The van der Waals surface area contributed by atoms with Gasteiger partial charge in [0.15, 0.2) is 12.3 Å². The van der Waals surface area contributed by atoms with Gasteiger partial charge in [0.25, 0.3) is 0 Å². The minimum absolute atomic E-state index is 0.0938. The fraction of sp³-hybridized carbons (Fsp3) is 0.556. The van der Waals surface area contributed by atoms with Gasteiger partial charge < -0.3 is 4.90 Å². The van der Waals surface area contributed by atoms with E-state index in [-0.39, 0.29) is 17.5 Å². The molecule has 0 saturated carbocycles. The number of hydrogen-bond donors (Lipinski definition) is 0. The number of nitrogens with zero attached hydrogens (tertiary/aromatic N) is 5. The van der Waals surface area contributed by atoms with Crippen LogP contribution in [0.25, 0.3) is 0 Å². The number of halogens is 6. The van der Waals surface area contributed by atoms with Crippen molar-refractivity contribution in [2.45, 2.75) is 43.9 Å². The lowest BCUT2D eigenvalue weighted by atomic mass is 9.91. The van der Waals surface area contributed by atoms with Gasteiger partial charge >= 0.3 is 11.9 Å². The molecule has 0 N–H and O–H groups in total. The van der Waals surface area contributed by atoms with E-state index < -0.39 is 68.0 Å². The Kier molecular flexibility index (Phi) is 5.52. The molecule has 4 heterocycles. The maximum Gasteiger partial charge on any atom is 0.392 e. The predicted molar refractivity (Wildman–Crippen MR) is 98.1 cm³/mol. The molecule has 2 aromatic heterocycles. The summed E-state index contributed by atoms with van der Waals surface area (Å²) >= 11 is 5.72. The van der Waals surface area contributed by atoms with Crippen molar-refractivity contribution >= 4 is 17.5 Å². The topological polar surface area (TPSA) is 73.0 Å². The SMILES string of the molecule is O=C(C1CC(C(F)(F)F)Cc2nn(Cc3ccc(Cl)nc3)c(=O)n21)N1C[C@@H](F)[C@@H](F)C1. The Morgan fingerprint density at radius 2 is 1.87 bits per heavy atom. The van der Waals surface area contributed by atoms with Crippen molar-refractivity contribution in [2.75, 3.05) is 13.1 Å². The van der Waals surface area contributed by atoms with Gasteiger partial charge in [-0.05, 0) is 18.1 Å². The molecular weight excluding hydrogens is 449 g/mol. The van der Waals surface area contributed by atoms with Gasteiger partial charge in [-0.3, -0.25) is 9.36 Å². The molecule has 2 aliphatic heterocycles. The van der Waals surface area contributed by atoms with Crippen molar-refractivity contribution in [3.05, 3.63) is 45.4 Å². The van der Waals surface area contributed by atoms with Crippen LogP contribution in [-0.2, 0) is 17.8 Å². The molecule has 0 aliphatic carbocycles. The highest BCUT2D eigenvalue weighted by Crippen LogP contribution is 2.39. The lowest BCUT2D eigenvalue weighted by Gasteiger charge is -2.32. The molecule has 2 aliphatic rings. The zero-order chi connectivity index (χ0) is 22.5. The molecule has 0 aromatic carbocycles. The molecule has 31 heavy (non-hydrogen) atoms. The molecule has 0 spiro atoms. The van der Waals surface area contributed by atoms with E-state index in [1.165, 1.54) is 12.3 Å². The normalized spacial score (nSPS) is 26.2. The van der Waals surface area contributed by atoms with Gasteiger partial charge in [-0.1, -0.05) is 17.7 Å². The third-order valence-electron chi connectivity index (χ3n) is 5.55. The maximum absolute atomic E-state index is 13.6. The Balaban J connectivity index is 1.69. The number of carbonyl (C=O) groups is 1. The average molecular weight is 466 g/mol. The number of rotatable bonds is 3. The first-order valence-corrected chi connectivity index (χ1v) is 9.84. The number of hydrogen-bond acceptors (Lipinski definition) is 4. The molecule has 1 amide bonds. The standard InChI is InChI=1S/C18H17ClF5N5O2/c19-14-2-1-9(5-25-14)6-28-17(31)29-13(16(30)27-7-11(20)12(21)8-27)3-10(18(22,23)24)4-15(29)26-28/h1-2,5,10-13H,3-4,6-8H2/t10?,11-,12+,13?. The molecule has 4 rings (SSSR count). The van der Waals surface area contributed by atoms with Crippen molar-refractivity contribution in [1.82, 2.24) is 24.2 Å². The third-order valence-corrected chi connectivity index (χ3v) is 5.78. The second-order valence-corrected chi connectivity index (χ2v) is 8.07. The number of carbonyl (C=O) groups excluding carboxylic acids is 1. The molecule has 2 aromatic rings. The molecule has 1 fully saturated rings. The fourth-order valence-electron chi connectivity index (χ4n) is 3.95. The van der Waals surface area contributed by atoms with Gasteiger partial charge in [0.05, 0.1) is 25.6 Å². The zero-order valence-electron chi connectivity index (χ0n) is 15.9. The number of alkyl halides is 5. The molecule has 4 atom stereocenters. The first kappa shape index (κ1) is 21.7. The predicted octanol–water partition coefficient (Wildman–Crippen LogP) is 2.33. The lowest BCUT2D eigenvalue weighted by molar-refractivity contribution is -0.183. The van der Waals surface area contributed by atoms with Crippen LogP contribution in [0.2, 0.25) is 5.15 Å². The van der Waals surface area contributed by atoms with Crippen molar-refractivity contribution in [2.24, 2.45) is 5.92 Å². The minimum atomic E-state index is -4.63. The number of likely N-dealkylation sites (tertiary alicyclic amines) is 1. The summed E-state index contributed by atoms with van der Waals surface area (Å²) in [7, 11) is 0. The van der Waals surface area contributed by atoms with Crippen LogP contribution in [0, 0.1) is 5.92 Å². The maximum atomic E-state index is 13.6. The highest BCUT2D eigenvalue weighted by atomic mass is 35.5. The van der Waals surface area contributed by atoms with Crippen LogP contribution < -0.4 is 5.69 Å². The van der Waals surface area contributed by atoms with Gasteiger partial charge in [-0.25, -0.2) is 23.2 Å². The van der Waals surface area contributed by atoms with Crippen LogP contribution >= 0.6 is 11.6 Å². The van der Waals surface area contributed by atoms with Crippen LogP contribution in [0.15, 0.2) is 23.1 Å². The molecule has 13 heteroatoms. The van der Waals surface area contributed by atoms with Crippen molar-refractivity contribution in [1.29, 1.82) is 0 Å². The van der Waals surface area contributed by atoms with E-state index in [9.17, 15) is 31.5 Å². The van der Waals surface area contributed by atoms with E-state index in [0.29, 0.717) is 5.56 Å². The van der Waals surface area contributed by atoms with Gasteiger partial charge in [0.2, 0.25) is 5.91 Å². The quantitative estimate of drug-likeness (QED) is 0.515. The number of aromatic nitrogens is 4. The van der Waals surface area contributed by atoms with Crippen LogP contribution in [0.3, 0.4) is 0 Å². The first-order chi connectivity index (χ1) is 14.5. The number of fused-ring (bicyclic) bond motifs is 1. The molecule has 0 bridgehead atoms. The molecule has 1 saturated heterocycles. The molecular formula is C18H17ClF5N5O2. The van der Waals surface area contributed by atoms with Crippen molar-refractivity contribution in [3.8, 4) is 0 Å². The van der Waals surface area contributed by atoms with Gasteiger partial charge in [0, 0.05) is 12.6 Å². The monoisotopic (exact) mass is 465 g/mol. The van der Waals surface area contributed by atoms with Crippen LogP contribution in [0.5, 0.6) is 0 Å². The van der Waals surface area contributed by atoms with E-state index in [0.717, 1.165) is 14.1 Å². The summed E-state index contributed by atoms with van der Waals surface area (Å²) in [5.41, 5.74) is -0.256. The van der Waals surface area contributed by atoms with E-state index in [4.69, 9.17) is 11.6 Å². The lowest BCUT2D eigenvalue weighted by Crippen LogP contribution is -2.45. The summed E-state index contributed by atoms with van der Waals surface area (Å²) < 4.78 is 69.4. The molecule has 0 radical (unpaired) electrons. The second-order valence-electron chi connectivity index (χ2n) is 7.68. The van der Waals surface area contributed by atoms with E-state index in [1.54, 1.807) is 6.07 Å². The van der Waals surface area contributed by atoms with Gasteiger partial charge in [-0.15, -0.1) is 0 Å². The van der Waals surface area contributed by atoms with Crippen molar-refractivity contribution < 1.29 is 26.7 Å². The van der Waals surface area contributed by atoms with Crippen molar-refractivity contribution in [3.63, 3.8) is 0 Å². The second kappa shape index (κ2) is 7.88. The largest absolute Gasteiger partial charge is 0.392 e. The van der Waals surface area contributed by atoms with Crippen LogP contribution in [0.4, 0.5) is 22.0 Å². The smallest absolute Gasteiger partial charge is 0.335 e. The highest BCUT2D eigenvalue weighted by Gasteiger charge is 2.49. The van der Waals surface area contributed by atoms with Crippen LogP contribution in [0.1, 0.15) is 23.9 Å². The Labute approximate surface area is 177 Å². The van der Waals surface area contributed by atoms with Gasteiger partial charge in [0.1, 0.15) is 17.0 Å². The summed E-state index contributed by atoms with van der Waals surface area (Å²) in [6.45, 7) is -1.23. The Morgan fingerprint density at radius 3 is 2.45 bits per heavy atom. The Morgan fingerprint density at radius 1 is 1.19 bits per heavy atom. The Hall–Kier alpha value is -2.50. The molecule has 7 nitrogen and oxygen atoms in total. The number of amides is 1. The molecule has 168 valence electrons. The van der Waals surface area contributed by atoms with E-state index in [1.807, 2.05) is 0 Å². The number of pyridine rings is 1. The Bertz CT molecular complexity index is 1030. The van der Waals surface area contributed by atoms with Gasteiger partial charge in [-0.2, -0.15) is 18.3 Å². The summed E-state index contributed by atoms with van der Waals surface area (Å²) in [4.78, 5) is 30.5. The average Bonchev–Trinajstić information content (AvgIpc) is 3.21. The zero-order valence-corrected chi connectivity index (χ0v) is 16.7. The fourth-order valence-corrected chi connectivity index (χ4v) is 4.06. The third kappa shape index (κ3) is 4.17. The summed E-state index contributed by atoms with van der Waals surface area (Å²) in [6.07, 6.45) is -8.34. The highest BCUT2D eigenvalue weighted by molar-refractivity contribution is 6.29. The first-order valence-electron chi connectivity index (χ1n) is 9.47. The van der Waals surface area contributed by atoms with E-state index >= 15 is 0 Å². The molecule has 2 unspecified atom stereocenters.